The minimum absolute atomic E-state index is 0.202. The highest BCUT2D eigenvalue weighted by molar-refractivity contribution is 5.74. The Morgan fingerprint density at radius 2 is 2.43 bits per heavy atom. The van der Waals surface area contributed by atoms with Crippen molar-refractivity contribution in [2.75, 3.05) is 0 Å². The predicted molar refractivity (Wildman–Crippen MR) is 46.8 cm³/mol. The molecular weight excluding hydrogens is 186 g/mol. The summed E-state index contributed by atoms with van der Waals surface area (Å²) in [5, 5.41) is 11.5. The Labute approximate surface area is 79.0 Å². The maximum Gasteiger partial charge on any atom is 0.321 e. The molecule has 1 aliphatic heterocycles. The summed E-state index contributed by atoms with van der Waals surface area (Å²) >= 11 is 0. The number of carboxylic acids is 1. The van der Waals surface area contributed by atoms with Crippen LogP contribution in [0.4, 0.5) is 0 Å². The molecule has 0 radical (unpaired) electrons. The second-order valence-corrected chi connectivity index (χ2v) is 3.13. The van der Waals surface area contributed by atoms with Crippen LogP contribution in [0.2, 0.25) is 0 Å². The molecule has 0 spiro atoms. The smallest absolute Gasteiger partial charge is 0.321 e. The van der Waals surface area contributed by atoms with Gasteiger partial charge in [-0.1, -0.05) is 0 Å². The van der Waals surface area contributed by atoms with Gasteiger partial charge in [-0.05, 0) is 0 Å². The van der Waals surface area contributed by atoms with Crippen LogP contribution in [0.5, 0.6) is 0 Å². The maximum absolute atomic E-state index is 11.3. The van der Waals surface area contributed by atoms with E-state index in [2.05, 4.69) is 15.3 Å². The summed E-state index contributed by atoms with van der Waals surface area (Å²) in [5.41, 5.74) is 0.899. The third-order valence-corrected chi connectivity index (χ3v) is 2.26. The lowest BCUT2D eigenvalue weighted by Crippen LogP contribution is -2.44. The van der Waals surface area contributed by atoms with E-state index in [1.54, 1.807) is 0 Å². The van der Waals surface area contributed by atoms with Gasteiger partial charge in [0.15, 0.2) is 0 Å². The fourth-order valence-electron chi connectivity index (χ4n) is 1.49. The third-order valence-electron chi connectivity index (χ3n) is 2.26. The Balaban J connectivity index is 2.36. The predicted octanol–water partition coefficient (Wildman–Crippen LogP) is -1.13. The van der Waals surface area contributed by atoms with Crippen molar-refractivity contribution in [3.8, 4) is 0 Å². The first kappa shape index (κ1) is 8.89. The molecule has 1 aromatic heterocycles. The first-order chi connectivity index (χ1) is 6.68. The SMILES string of the molecule is O=C(O)C1Cc2nc[nH]c(=O)c2CN1. The molecular formula is C8H9N3O3. The van der Waals surface area contributed by atoms with Gasteiger partial charge in [0.25, 0.3) is 5.56 Å². The lowest BCUT2D eigenvalue weighted by Gasteiger charge is -2.20. The molecule has 0 saturated heterocycles. The van der Waals surface area contributed by atoms with E-state index < -0.39 is 12.0 Å². The number of hydrogen-bond acceptors (Lipinski definition) is 4. The number of aromatic amines is 1. The monoisotopic (exact) mass is 195 g/mol. The van der Waals surface area contributed by atoms with E-state index in [0.29, 0.717) is 11.3 Å². The molecule has 0 aliphatic carbocycles. The van der Waals surface area contributed by atoms with Crippen molar-refractivity contribution in [1.29, 1.82) is 0 Å². The number of aliphatic carboxylic acids is 1. The molecule has 14 heavy (non-hydrogen) atoms. The molecule has 0 amide bonds. The number of aromatic nitrogens is 2. The lowest BCUT2D eigenvalue weighted by molar-refractivity contribution is -0.139. The zero-order chi connectivity index (χ0) is 10.1. The lowest BCUT2D eigenvalue weighted by atomic mass is 10.0. The first-order valence-corrected chi connectivity index (χ1v) is 4.20. The van der Waals surface area contributed by atoms with Crippen LogP contribution in [0, 0.1) is 0 Å². The van der Waals surface area contributed by atoms with E-state index in [1.807, 2.05) is 0 Å². The van der Waals surface area contributed by atoms with Crippen LogP contribution < -0.4 is 10.9 Å². The van der Waals surface area contributed by atoms with E-state index >= 15 is 0 Å². The number of nitrogens with one attached hydrogen (secondary N) is 2. The van der Waals surface area contributed by atoms with E-state index in [1.165, 1.54) is 6.33 Å². The normalized spacial score (nSPS) is 20.1. The van der Waals surface area contributed by atoms with Crippen molar-refractivity contribution < 1.29 is 9.90 Å². The number of H-pyrrole nitrogens is 1. The number of hydrogen-bond donors (Lipinski definition) is 3. The number of carboxylic acid groups (broad SMARTS) is 1. The van der Waals surface area contributed by atoms with Crippen LogP contribution in [0.1, 0.15) is 11.3 Å². The highest BCUT2D eigenvalue weighted by Crippen LogP contribution is 2.09. The average Bonchev–Trinajstić information content (AvgIpc) is 2.17. The van der Waals surface area contributed by atoms with Crippen LogP contribution >= 0.6 is 0 Å². The molecule has 1 aromatic rings. The molecule has 6 nitrogen and oxygen atoms in total. The number of nitrogens with zero attached hydrogens (tertiary/aromatic N) is 1. The summed E-state index contributed by atoms with van der Waals surface area (Å²) in [6, 6.07) is -0.642. The molecule has 74 valence electrons. The van der Waals surface area contributed by atoms with Crippen LogP contribution in [-0.2, 0) is 17.8 Å². The zero-order valence-corrected chi connectivity index (χ0v) is 7.28. The molecule has 0 bridgehead atoms. The number of fused-ring (bicyclic) bond motifs is 1. The van der Waals surface area contributed by atoms with Crippen molar-refractivity contribution in [3.05, 3.63) is 27.9 Å². The Hall–Kier alpha value is -1.69. The highest BCUT2D eigenvalue weighted by Gasteiger charge is 2.25. The largest absolute Gasteiger partial charge is 0.480 e. The van der Waals surface area contributed by atoms with Crippen molar-refractivity contribution in [1.82, 2.24) is 15.3 Å². The van der Waals surface area contributed by atoms with E-state index in [4.69, 9.17) is 5.11 Å². The Kier molecular flexibility index (Phi) is 2.05. The van der Waals surface area contributed by atoms with Gasteiger partial charge in [-0.2, -0.15) is 0 Å². The maximum atomic E-state index is 11.3. The number of rotatable bonds is 1. The summed E-state index contributed by atoms with van der Waals surface area (Å²) in [7, 11) is 0. The molecule has 0 saturated carbocycles. The van der Waals surface area contributed by atoms with Gasteiger partial charge in [-0.3, -0.25) is 14.9 Å². The molecule has 0 aromatic carbocycles. The van der Waals surface area contributed by atoms with Gasteiger partial charge in [0.2, 0.25) is 0 Å². The minimum atomic E-state index is -0.919. The van der Waals surface area contributed by atoms with Crippen molar-refractivity contribution in [2.24, 2.45) is 0 Å². The van der Waals surface area contributed by atoms with Gasteiger partial charge >= 0.3 is 5.97 Å². The van der Waals surface area contributed by atoms with Crippen molar-refractivity contribution >= 4 is 5.97 Å². The zero-order valence-electron chi connectivity index (χ0n) is 7.28. The summed E-state index contributed by atoms with van der Waals surface area (Å²) in [5.74, 6) is -0.919. The summed E-state index contributed by atoms with van der Waals surface area (Å²) in [6.45, 7) is 0.259. The van der Waals surface area contributed by atoms with Gasteiger partial charge in [-0.25, -0.2) is 4.98 Å². The molecule has 1 atom stereocenters. The van der Waals surface area contributed by atoms with Crippen LogP contribution in [-0.4, -0.2) is 27.1 Å². The fourth-order valence-corrected chi connectivity index (χ4v) is 1.49. The second-order valence-electron chi connectivity index (χ2n) is 3.13. The first-order valence-electron chi connectivity index (χ1n) is 4.20. The summed E-state index contributed by atoms with van der Waals surface area (Å²) in [4.78, 5) is 28.3. The Bertz CT molecular complexity index is 426. The van der Waals surface area contributed by atoms with Crippen molar-refractivity contribution in [2.45, 2.75) is 19.0 Å². The summed E-state index contributed by atoms with van der Waals surface area (Å²) in [6.07, 6.45) is 1.56. The molecule has 3 N–H and O–H groups in total. The topological polar surface area (TPSA) is 95.1 Å². The van der Waals surface area contributed by atoms with Crippen LogP contribution in [0.3, 0.4) is 0 Å². The fraction of sp³-hybridized carbons (Fsp3) is 0.375. The molecule has 1 aliphatic rings. The van der Waals surface area contributed by atoms with Gasteiger partial charge in [0, 0.05) is 13.0 Å². The van der Waals surface area contributed by atoms with Crippen LogP contribution in [0.15, 0.2) is 11.1 Å². The van der Waals surface area contributed by atoms with Gasteiger partial charge in [0.1, 0.15) is 6.04 Å². The quantitative estimate of drug-likeness (QED) is 0.527. The standard InChI is InChI=1S/C8H9N3O3/c12-7-4-2-9-6(8(13)14)1-5(4)10-3-11-7/h3,6,9H,1-2H2,(H,13,14)(H,10,11,12). The van der Waals surface area contributed by atoms with E-state index in [0.717, 1.165) is 0 Å². The molecule has 2 heterocycles. The van der Waals surface area contributed by atoms with Gasteiger partial charge in [-0.15, -0.1) is 0 Å². The van der Waals surface area contributed by atoms with Crippen LogP contribution in [0.25, 0.3) is 0 Å². The van der Waals surface area contributed by atoms with E-state index in [-0.39, 0.29) is 18.5 Å². The molecule has 2 rings (SSSR count). The number of carbonyl (C=O) groups is 1. The van der Waals surface area contributed by atoms with Gasteiger partial charge < -0.3 is 10.1 Å². The second kappa shape index (κ2) is 3.22. The Morgan fingerprint density at radius 3 is 3.14 bits per heavy atom. The van der Waals surface area contributed by atoms with Gasteiger partial charge in [0.05, 0.1) is 17.6 Å². The Morgan fingerprint density at radius 1 is 1.64 bits per heavy atom. The average molecular weight is 195 g/mol. The highest BCUT2D eigenvalue weighted by atomic mass is 16.4. The minimum Gasteiger partial charge on any atom is -0.480 e. The molecule has 0 fully saturated rings. The molecule has 1 unspecified atom stereocenters. The molecule has 6 heteroatoms. The summed E-state index contributed by atoms with van der Waals surface area (Å²) < 4.78 is 0. The van der Waals surface area contributed by atoms with E-state index in [9.17, 15) is 9.59 Å². The third kappa shape index (κ3) is 1.39. The van der Waals surface area contributed by atoms with Crippen molar-refractivity contribution in [3.63, 3.8) is 0 Å².